The van der Waals surface area contributed by atoms with Crippen molar-refractivity contribution in [1.82, 2.24) is 9.55 Å². The third-order valence-electron chi connectivity index (χ3n) is 2.29. The van der Waals surface area contributed by atoms with Crippen molar-refractivity contribution >= 4 is 5.97 Å². The smallest absolute Gasteiger partial charge is 0.385 e. The van der Waals surface area contributed by atoms with Crippen LogP contribution < -0.4 is 4.74 Å². The molecule has 19 heavy (non-hydrogen) atoms. The summed E-state index contributed by atoms with van der Waals surface area (Å²) in [5, 5.41) is 0. The minimum absolute atomic E-state index is 0.265. The molecule has 100 valence electrons. The number of nitrogens with zero attached hydrogens (tertiary/aromatic N) is 2. The Balaban J connectivity index is 2.12. The van der Waals surface area contributed by atoms with E-state index in [9.17, 15) is 18.0 Å². The van der Waals surface area contributed by atoms with Crippen LogP contribution >= 0.6 is 0 Å². The first-order valence-electron chi connectivity index (χ1n) is 5.31. The predicted molar refractivity (Wildman–Crippen MR) is 59.5 cm³/mol. The van der Waals surface area contributed by atoms with Gasteiger partial charge in [-0.2, -0.15) is 13.2 Å². The number of hydrogen-bond acceptors (Lipinski definition) is 3. The quantitative estimate of drug-likeness (QED) is 0.804. The lowest BCUT2D eigenvalue weighted by Gasteiger charge is -2.09. The Hall–Kier alpha value is -2.31. The average Bonchev–Trinajstić information content (AvgIpc) is 2.77. The maximum Gasteiger partial charge on any atom is 0.491 e. The second kappa shape index (κ2) is 5.13. The lowest BCUT2D eigenvalue weighted by molar-refractivity contribution is -0.190. The summed E-state index contributed by atoms with van der Waals surface area (Å²) in [6.07, 6.45) is -2.34. The van der Waals surface area contributed by atoms with Gasteiger partial charge in [0, 0.05) is 12.4 Å². The van der Waals surface area contributed by atoms with Gasteiger partial charge >= 0.3 is 18.2 Å². The van der Waals surface area contributed by atoms with Gasteiger partial charge in [0.15, 0.2) is 0 Å². The predicted octanol–water partition coefficient (Wildman–Crippen LogP) is 2.40. The molecule has 0 atom stereocenters. The number of carbonyl (C=O) groups excluding carboxylic acids is 1. The van der Waals surface area contributed by atoms with Crippen molar-refractivity contribution < 1.29 is 22.7 Å². The highest BCUT2D eigenvalue weighted by atomic mass is 19.4. The van der Waals surface area contributed by atoms with Gasteiger partial charge < -0.3 is 4.74 Å². The second-order valence-electron chi connectivity index (χ2n) is 3.71. The van der Waals surface area contributed by atoms with E-state index in [2.05, 4.69) is 9.72 Å². The number of ether oxygens (including phenoxy) is 1. The van der Waals surface area contributed by atoms with Crippen molar-refractivity contribution in [1.29, 1.82) is 0 Å². The van der Waals surface area contributed by atoms with Gasteiger partial charge in [-0.15, -0.1) is 0 Å². The van der Waals surface area contributed by atoms with Crippen LogP contribution in [0.4, 0.5) is 13.2 Å². The first-order chi connectivity index (χ1) is 8.97. The number of imidazole rings is 1. The maximum atomic E-state index is 12.1. The first-order valence-corrected chi connectivity index (χ1v) is 5.31. The van der Waals surface area contributed by atoms with Crippen LogP contribution in [0.15, 0.2) is 42.7 Å². The minimum Gasteiger partial charge on any atom is -0.385 e. The number of rotatable bonds is 3. The van der Waals surface area contributed by atoms with E-state index in [-0.39, 0.29) is 12.6 Å². The second-order valence-corrected chi connectivity index (χ2v) is 3.71. The van der Waals surface area contributed by atoms with Crippen molar-refractivity contribution in [2.75, 3.05) is 0 Å². The molecule has 0 saturated carbocycles. The molecule has 2 rings (SSSR count). The van der Waals surface area contributed by atoms with Crippen LogP contribution in [0.3, 0.4) is 0 Å². The maximum absolute atomic E-state index is 12.1. The molecule has 0 radical (unpaired) electrons. The van der Waals surface area contributed by atoms with Gasteiger partial charge in [-0.1, -0.05) is 30.3 Å². The highest BCUT2D eigenvalue weighted by Gasteiger charge is 2.42. The summed E-state index contributed by atoms with van der Waals surface area (Å²) in [6, 6.07) is 8.64. The molecule has 0 unspecified atom stereocenters. The molecule has 0 aliphatic heterocycles. The zero-order chi connectivity index (χ0) is 13.9. The van der Waals surface area contributed by atoms with Crippen molar-refractivity contribution in [3.8, 4) is 6.01 Å². The average molecular weight is 270 g/mol. The molecule has 0 spiro atoms. The van der Waals surface area contributed by atoms with E-state index in [0.29, 0.717) is 0 Å². The van der Waals surface area contributed by atoms with E-state index < -0.39 is 12.1 Å². The van der Waals surface area contributed by atoms with Crippen LogP contribution in [-0.4, -0.2) is 21.7 Å². The number of alkyl halides is 3. The van der Waals surface area contributed by atoms with E-state index in [0.717, 1.165) is 5.56 Å². The summed E-state index contributed by atoms with van der Waals surface area (Å²) in [7, 11) is 0. The van der Waals surface area contributed by atoms with E-state index in [1.54, 1.807) is 24.3 Å². The fraction of sp³-hybridized carbons (Fsp3) is 0.167. The molecule has 0 aliphatic rings. The zero-order valence-corrected chi connectivity index (χ0v) is 9.59. The third-order valence-corrected chi connectivity index (χ3v) is 2.29. The summed E-state index contributed by atoms with van der Waals surface area (Å²) < 4.78 is 41.8. The van der Waals surface area contributed by atoms with Crippen LogP contribution in [0.1, 0.15) is 5.56 Å². The van der Waals surface area contributed by atoms with Crippen molar-refractivity contribution in [2.24, 2.45) is 0 Å². The van der Waals surface area contributed by atoms with Crippen molar-refractivity contribution in [3.05, 3.63) is 48.3 Å². The van der Waals surface area contributed by atoms with Gasteiger partial charge in [0.05, 0.1) is 6.54 Å². The largest absolute Gasteiger partial charge is 0.491 e. The third kappa shape index (κ3) is 3.34. The fourth-order valence-corrected chi connectivity index (χ4v) is 1.44. The standard InChI is InChI=1S/C12H9F3N2O2/c13-12(14,15)10(18)19-11-16-6-7-17(11)8-9-4-2-1-3-5-9/h1-7H,8H2. The molecule has 1 aromatic heterocycles. The summed E-state index contributed by atoms with van der Waals surface area (Å²) >= 11 is 0. The number of aromatic nitrogens is 2. The van der Waals surface area contributed by atoms with Gasteiger partial charge in [-0.3, -0.25) is 4.57 Å². The number of carbonyl (C=O) groups is 1. The fourth-order valence-electron chi connectivity index (χ4n) is 1.44. The van der Waals surface area contributed by atoms with Crippen LogP contribution in [0.25, 0.3) is 0 Å². The molecular formula is C12H9F3N2O2. The molecule has 0 fully saturated rings. The summed E-state index contributed by atoms with van der Waals surface area (Å²) in [5.74, 6) is -2.28. The molecule has 0 amide bonds. The number of hydrogen-bond donors (Lipinski definition) is 0. The topological polar surface area (TPSA) is 44.1 Å². The molecule has 1 aromatic carbocycles. The Bertz CT molecular complexity index is 564. The Kier molecular flexibility index (Phi) is 3.55. The molecule has 0 bridgehead atoms. The molecule has 0 N–H and O–H groups in total. The van der Waals surface area contributed by atoms with Gasteiger partial charge in [-0.25, -0.2) is 9.78 Å². The van der Waals surface area contributed by atoms with Gasteiger partial charge in [0.1, 0.15) is 0 Å². The summed E-state index contributed by atoms with van der Waals surface area (Å²) in [6.45, 7) is 0.265. The highest BCUT2D eigenvalue weighted by molar-refractivity contribution is 5.77. The SMILES string of the molecule is O=C(Oc1nccn1Cc1ccccc1)C(F)(F)F. The van der Waals surface area contributed by atoms with Crippen LogP contribution in [0.5, 0.6) is 6.01 Å². The van der Waals surface area contributed by atoms with Gasteiger partial charge in [0.2, 0.25) is 0 Å². The number of halogens is 3. The molecule has 0 aliphatic carbocycles. The highest BCUT2D eigenvalue weighted by Crippen LogP contribution is 2.19. The van der Waals surface area contributed by atoms with Crippen LogP contribution in [0, 0.1) is 0 Å². The number of esters is 1. The van der Waals surface area contributed by atoms with E-state index in [1.807, 2.05) is 6.07 Å². The monoisotopic (exact) mass is 270 g/mol. The Labute approximate surface area is 106 Å². The van der Waals surface area contributed by atoms with E-state index in [1.165, 1.54) is 17.0 Å². The van der Waals surface area contributed by atoms with Crippen LogP contribution in [0.2, 0.25) is 0 Å². The van der Waals surface area contributed by atoms with E-state index in [4.69, 9.17) is 0 Å². The molecular weight excluding hydrogens is 261 g/mol. The first kappa shape index (κ1) is 13.1. The Morgan fingerprint density at radius 3 is 2.58 bits per heavy atom. The summed E-state index contributed by atoms with van der Waals surface area (Å²) in [4.78, 5) is 14.3. The van der Waals surface area contributed by atoms with Crippen molar-refractivity contribution in [3.63, 3.8) is 0 Å². The van der Waals surface area contributed by atoms with Gasteiger partial charge in [-0.05, 0) is 5.56 Å². The molecule has 1 heterocycles. The lowest BCUT2D eigenvalue weighted by Crippen LogP contribution is -2.29. The normalized spacial score (nSPS) is 11.3. The molecule has 2 aromatic rings. The minimum atomic E-state index is -5.04. The number of benzene rings is 1. The zero-order valence-electron chi connectivity index (χ0n) is 9.59. The lowest BCUT2D eigenvalue weighted by atomic mass is 10.2. The summed E-state index contributed by atoms with van der Waals surface area (Å²) in [5.41, 5.74) is 0.852. The van der Waals surface area contributed by atoms with Gasteiger partial charge in [0.25, 0.3) is 0 Å². The Morgan fingerprint density at radius 2 is 1.95 bits per heavy atom. The Morgan fingerprint density at radius 1 is 1.26 bits per heavy atom. The molecule has 4 nitrogen and oxygen atoms in total. The molecule has 7 heteroatoms. The molecule has 0 saturated heterocycles. The van der Waals surface area contributed by atoms with Crippen molar-refractivity contribution in [2.45, 2.75) is 12.7 Å². The van der Waals surface area contributed by atoms with E-state index >= 15 is 0 Å². The van der Waals surface area contributed by atoms with Crippen LogP contribution in [-0.2, 0) is 11.3 Å².